The van der Waals surface area contributed by atoms with Gasteiger partial charge in [0.05, 0.1) is 26.8 Å². The van der Waals surface area contributed by atoms with E-state index in [0.717, 1.165) is 36.5 Å². The molecule has 2 aromatic carbocycles. The fourth-order valence-corrected chi connectivity index (χ4v) is 8.64. The van der Waals surface area contributed by atoms with Crippen molar-refractivity contribution < 1.29 is 33.6 Å². The Bertz CT molecular complexity index is 1410. The molecule has 42 heavy (non-hydrogen) atoms. The largest absolute Gasteiger partial charge is 0.497 e. The minimum Gasteiger partial charge on any atom is -0.497 e. The number of nitrogens with one attached hydrogen (secondary N) is 1. The second kappa shape index (κ2) is 10.2. The number of benzene rings is 2. The number of amides is 1. The number of rotatable bonds is 7. The zero-order chi connectivity index (χ0) is 29.9. The summed E-state index contributed by atoms with van der Waals surface area (Å²) in [6, 6.07) is 12.2. The van der Waals surface area contributed by atoms with Gasteiger partial charge in [0, 0.05) is 49.1 Å². The molecule has 0 aromatic heterocycles. The van der Waals surface area contributed by atoms with E-state index in [-0.39, 0.29) is 12.6 Å². The quantitative estimate of drug-likeness (QED) is 0.379. The third kappa shape index (κ3) is 3.91. The Hall–Kier alpha value is -3.76. The van der Waals surface area contributed by atoms with Gasteiger partial charge in [0.2, 0.25) is 0 Å². The fourth-order valence-electron chi connectivity index (χ4n) is 8.64. The van der Waals surface area contributed by atoms with Crippen LogP contribution in [0.4, 0.5) is 10.5 Å². The predicted octanol–water partition coefficient (Wildman–Crippen LogP) is 3.27. The van der Waals surface area contributed by atoms with Crippen molar-refractivity contribution in [1.82, 2.24) is 10.2 Å². The van der Waals surface area contributed by atoms with Crippen LogP contribution in [0.15, 0.2) is 54.6 Å². The molecule has 6 atom stereocenters. The highest BCUT2D eigenvalue weighted by molar-refractivity contribution is 5.73. The Balaban J connectivity index is 1.45. The van der Waals surface area contributed by atoms with E-state index >= 15 is 0 Å². The number of esters is 1. The van der Waals surface area contributed by atoms with Crippen LogP contribution in [0.2, 0.25) is 0 Å². The number of aliphatic hydroxyl groups is 1. The smallest absolute Gasteiger partial charge is 0.412 e. The van der Waals surface area contributed by atoms with Gasteiger partial charge in [0.25, 0.3) is 0 Å². The van der Waals surface area contributed by atoms with Crippen LogP contribution >= 0.6 is 0 Å². The van der Waals surface area contributed by atoms with Gasteiger partial charge < -0.3 is 34.3 Å². The molecule has 224 valence electrons. The van der Waals surface area contributed by atoms with Gasteiger partial charge in [-0.15, -0.1) is 0 Å². The van der Waals surface area contributed by atoms with Crippen LogP contribution in [0.5, 0.6) is 17.2 Å². The van der Waals surface area contributed by atoms with Crippen molar-refractivity contribution in [2.24, 2.45) is 5.41 Å². The molecule has 1 saturated heterocycles. The fraction of sp³-hybridized carbons (Fsp3) is 0.500. The van der Waals surface area contributed by atoms with Gasteiger partial charge in [-0.05, 0) is 55.3 Å². The molecule has 0 unspecified atom stereocenters. The molecule has 3 heterocycles. The molecule has 2 fully saturated rings. The third-order valence-electron chi connectivity index (χ3n) is 10.0. The maximum Gasteiger partial charge on any atom is 0.412 e. The zero-order valence-corrected chi connectivity index (χ0v) is 24.8. The van der Waals surface area contributed by atoms with Gasteiger partial charge in [0.1, 0.15) is 29.0 Å². The minimum atomic E-state index is -1.68. The Kier molecular flexibility index (Phi) is 6.89. The highest BCUT2D eigenvalue weighted by Crippen LogP contribution is 2.67. The van der Waals surface area contributed by atoms with Gasteiger partial charge in [-0.2, -0.15) is 0 Å². The number of fused-ring (bicyclic) bond motifs is 1. The summed E-state index contributed by atoms with van der Waals surface area (Å²) in [4.78, 5) is 30.4. The molecule has 1 saturated carbocycles. The van der Waals surface area contributed by atoms with E-state index in [1.807, 2.05) is 19.2 Å². The van der Waals surface area contributed by atoms with Crippen LogP contribution in [0.25, 0.3) is 0 Å². The lowest BCUT2D eigenvalue weighted by Gasteiger charge is -2.64. The Morgan fingerprint density at radius 3 is 2.40 bits per heavy atom. The predicted molar refractivity (Wildman–Crippen MR) is 156 cm³/mol. The maximum absolute atomic E-state index is 13.1. The normalized spacial score (nSPS) is 32.4. The Morgan fingerprint density at radius 2 is 1.74 bits per heavy atom. The molecular weight excluding hydrogens is 538 g/mol. The van der Waals surface area contributed by atoms with Gasteiger partial charge >= 0.3 is 12.1 Å². The Labute approximate surface area is 246 Å². The molecule has 4 aliphatic rings. The summed E-state index contributed by atoms with van der Waals surface area (Å²) >= 11 is 0. The van der Waals surface area contributed by atoms with Crippen molar-refractivity contribution in [3.05, 3.63) is 60.2 Å². The first-order chi connectivity index (χ1) is 20.1. The zero-order valence-electron chi connectivity index (χ0n) is 24.8. The maximum atomic E-state index is 13.1. The van der Waals surface area contributed by atoms with Crippen LogP contribution in [-0.4, -0.2) is 86.8 Å². The molecule has 0 radical (unpaired) electrons. The number of likely N-dealkylation sites (N-methyl/N-ethyl adjacent to an activating group) is 1. The van der Waals surface area contributed by atoms with Crippen molar-refractivity contribution in [1.29, 1.82) is 0 Å². The lowest BCUT2D eigenvalue weighted by Crippen LogP contribution is -2.81. The molecule has 1 spiro atoms. The van der Waals surface area contributed by atoms with Crippen molar-refractivity contribution in [3.63, 3.8) is 0 Å². The summed E-state index contributed by atoms with van der Waals surface area (Å²) in [7, 11) is 5.16. The van der Waals surface area contributed by atoms with Crippen LogP contribution in [0, 0.1) is 5.41 Å². The average Bonchev–Trinajstić information content (AvgIpc) is 3.50. The molecule has 2 aromatic rings. The lowest BCUT2D eigenvalue weighted by molar-refractivity contribution is -0.216. The summed E-state index contributed by atoms with van der Waals surface area (Å²) in [6.07, 6.45) is 4.05. The SMILES string of the molecule is CC[C@]12C=CCN3CC[C@@]4(c5ccc(OC)cc5N(C)[C@H]4[C@@](O)(CNC(=O)Oc4ccc(OC)cc4)[C@@H]1OC(C)=O)[C@@H]32. The summed E-state index contributed by atoms with van der Waals surface area (Å²) in [5.74, 6) is 1.21. The standard InChI is InChI=1S/C32H39N3O7/c1-6-30-14-7-16-35-17-15-31(26(30)35)24-13-12-23(40-5)18-25(24)34(3)27(31)32(38,28(30)41-20(2)36)19-33-29(37)42-22-10-8-21(39-4)9-11-22/h7-14,18,26-28,38H,6,15-17,19H2,1-5H3,(H,33,37)/t26-,27+,28+,30+,31+,32-/m0/s1. The lowest BCUT2D eigenvalue weighted by atomic mass is 9.47. The molecule has 6 rings (SSSR count). The number of methoxy groups -OCH3 is 2. The van der Waals surface area contributed by atoms with E-state index in [1.165, 1.54) is 6.92 Å². The Morgan fingerprint density at radius 1 is 1.05 bits per heavy atom. The molecule has 3 aliphatic heterocycles. The summed E-state index contributed by atoms with van der Waals surface area (Å²) in [5, 5.41) is 15.9. The molecule has 10 nitrogen and oxygen atoms in total. The second-order valence-electron chi connectivity index (χ2n) is 11.9. The van der Waals surface area contributed by atoms with Crippen LogP contribution in [0.1, 0.15) is 32.3 Å². The van der Waals surface area contributed by atoms with E-state index in [1.54, 1.807) is 38.5 Å². The van der Waals surface area contributed by atoms with Crippen molar-refractivity contribution >= 4 is 17.7 Å². The third-order valence-corrected chi connectivity index (χ3v) is 10.0. The summed E-state index contributed by atoms with van der Waals surface area (Å²) in [6.45, 7) is 4.88. The minimum absolute atomic E-state index is 0.0297. The summed E-state index contributed by atoms with van der Waals surface area (Å²) < 4.78 is 22.4. The number of anilines is 1. The average molecular weight is 578 g/mol. The van der Waals surface area contributed by atoms with E-state index in [9.17, 15) is 14.7 Å². The highest BCUT2D eigenvalue weighted by Gasteiger charge is 2.77. The molecule has 0 bridgehead atoms. The number of hydrogen-bond acceptors (Lipinski definition) is 9. The van der Waals surface area contributed by atoms with E-state index in [0.29, 0.717) is 17.9 Å². The van der Waals surface area contributed by atoms with E-state index < -0.39 is 40.6 Å². The first-order valence-electron chi connectivity index (χ1n) is 14.5. The first-order valence-corrected chi connectivity index (χ1v) is 14.5. The number of carbonyl (C=O) groups is 2. The number of nitrogens with zero attached hydrogens (tertiary/aromatic N) is 2. The van der Waals surface area contributed by atoms with Gasteiger partial charge in [-0.3, -0.25) is 9.69 Å². The van der Waals surface area contributed by atoms with Gasteiger partial charge in [-0.1, -0.05) is 25.1 Å². The first kappa shape index (κ1) is 28.4. The number of ether oxygens (including phenoxy) is 4. The molecular formula is C32H39N3O7. The van der Waals surface area contributed by atoms with Crippen molar-refractivity contribution in [2.45, 2.75) is 55.9 Å². The topological polar surface area (TPSA) is 110 Å². The monoisotopic (exact) mass is 577 g/mol. The van der Waals surface area contributed by atoms with Crippen molar-refractivity contribution in [3.8, 4) is 17.2 Å². The van der Waals surface area contributed by atoms with E-state index in [2.05, 4.69) is 40.3 Å². The van der Waals surface area contributed by atoms with Crippen molar-refractivity contribution in [2.75, 3.05) is 45.8 Å². The molecule has 1 amide bonds. The molecule has 2 N–H and O–H groups in total. The van der Waals surface area contributed by atoms with Crippen LogP contribution < -0.4 is 24.4 Å². The number of carbonyl (C=O) groups excluding carboxylic acids is 2. The second-order valence-corrected chi connectivity index (χ2v) is 11.9. The van der Waals surface area contributed by atoms with Gasteiger partial charge in [0.15, 0.2) is 0 Å². The van der Waals surface area contributed by atoms with Crippen LogP contribution in [0.3, 0.4) is 0 Å². The highest BCUT2D eigenvalue weighted by atomic mass is 16.6. The van der Waals surface area contributed by atoms with E-state index in [4.69, 9.17) is 18.9 Å². The number of hydrogen-bond donors (Lipinski definition) is 2. The summed E-state index contributed by atoms with van der Waals surface area (Å²) in [5.41, 5.74) is -0.782. The van der Waals surface area contributed by atoms with Gasteiger partial charge in [-0.25, -0.2) is 4.79 Å². The molecule has 1 aliphatic carbocycles. The van der Waals surface area contributed by atoms with Crippen LogP contribution in [-0.2, 0) is 14.9 Å². The molecule has 10 heteroatoms.